The number of benzene rings is 2. The van der Waals surface area contributed by atoms with Crippen LogP contribution < -0.4 is 10.5 Å². The van der Waals surface area contributed by atoms with Crippen molar-refractivity contribution in [1.82, 2.24) is 0 Å². The summed E-state index contributed by atoms with van der Waals surface area (Å²) < 4.78 is 41.5. The second-order valence-electron chi connectivity index (χ2n) is 4.84. The van der Waals surface area contributed by atoms with E-state index in [1.165, 1.54) is 12.1 Å². The molecule has 0 fully saturated rings. The average molecular weight is 332 g/mol. The van der Waals surface area contributed by atoms with Gasteiger partial charge in [-0.15, -0.1) is 25.6 Å². The summed E-state index contributed by atoms with van der Waals surface area (Å²) in [6.07, 6.45) is -4.71. The van der Waals surface area contributed by atoms with Crippen LogP contribution in [0.25, 0.3) is 11.1 Å². The number of para-hydroxylation sites is 1. The Balaban J connectivity index is 0.00000242. The zero-order chi connectivity index (χ0) is 15.6. The van der Waals surface area contributed by atoms with Gasteiger partial charge in [-0.05, 0) is 42.2 Å². The molecule has 0 amide bonds. The first-order valence-electron chi connectivity index (χ1n) is 6.47. The van der Waals surface area contributed by atoms with Crippen LogP contribution in [0.3, 0.4) is 0 Å². The van der Waals surface area contributed by atoms with Gasteiger partial charge < -0.3 is 10.5 Å². The molecule has 2 nitrogen and oxygen atoms in total. The Morgan fingerprint density at radius 3 is 2.09 bits per heavy atom. The van der Waals surface area contributed by atoms with E-state index in [9.17, 15) is 13.2 Å². The van der Waals surface area contributed by atoms with Gasteiger partial charge in [0.25, 0.3) is 0 Å². The van der Waals surface area contributed by atoms with Crippen LogP contribution in [0.1, 0.15) is 16.7 Å². The van der Waals surface area contributed by atoms with E-state index in [1.54, 1.807) is 12.1 Å². The smallest absolute Gasteiger partial charge is 0.405 e. The van der Waals surface area contributed by atoms with Crippen LogP contribution in [0, 0.1) is 13.8 Å². The van der Waals surface area contributed by atoms with Gasteiger partial charge in [0.05, 0.1) is 0 Å². The Morgan fingerprint density at radius 2 is 1.59 bits per heavy atom. The van der Waals surface area contributed by atoms with Gasteiger partial charge in [-0.2, -0.15) is 0 Å². The quantitative estimate of drug-likeness (QED) is 0.881. The molecule has 0 spiro atoms. The molecule has 0 unspecified atom stereocenters. The van der Waals surface area contributed by atoms with Crippen LogP contribution in [-0.4, -0.2) is 6.36 Å². The van der Waals surface area contributed by atoms with Crippen LogP contribution in [0.5, 0.6) is 5.75 Å². The van der Waals surface area contributed by atoms with Crippen LogP contribution in [0.15, 0.2) is 36.4 Å². The highest BCUT2D eigenvalue weighted by Gasteiger charge is 2.32. The number of hydrogen-bond donors (Lipinski definition) is 1. The Kier molecular flexibility index (Phi) is 5.85. The van der Waals surface area contributed by atoms with Gasteiger partial charge in [-0.25, -0.2) is 0 Å². The van der Waals surface area contributed by atoms with Crippen molar-refractivity contribution in [3.05, 3.63) is 53.1 Å². The van der Waals surface area contributed by atoms with E-state index in [4.69, 9.17) is 5.73 Å². The molecule has 0 atom stereocenters. The van der Waals surface area contributed by atoms with Gasteiger partial charge in [-0.1, -0.05) is 30.3 Å². The molecule has 0 aliphatic rings. The van der Waals surface area contributed by atoms with E-state index >= 15 is 0 Å². The van der Waals surface area contributed by atoms with Crippen LogP contribution >= 0.6 is 12.4 Å². The fourth-order valence-corrected chi connectivity index (χ4v) is 2.39. The van der Waals surface area contributed by atoms with Gasteiger partial charge in [0.15, 0.2) is 0 Å². The molecule has 120 valence electrons. The molecule has 0 saturated carbocycles. The van der Waals surface area contributed by atoms with E-state index < -0.39 is 6.36 Å². The first kappa shape index (κ1) is 18.3. The standard InChI is InChI=1S/C16H16F3NO.ClH/c1-10-7-12(8-11(2)14(10)9-20)13-5-3-4-6-15(13)21-16(17,18)19;/h3-8H,9,20H2,1-2H3;1H. The van der Waals surface area contributed by atoms with Gasteiger partial charge in [0, 0.05) is 12.1 Å². The van der Waals surface area contributed by atoms with Crippen molar-refractivity contribution in [3.8, 4) is 16.9 Å². The lowest BCUT2D eigenvalue weighted by Gasteiger charge is -2.15. The van der Waals surface area contributed by atoms with Gasteiger partial charge >= 0.3 is 6.36 Å². The highest BCUT2D eigenvalue weighted by atomic mass is 35.5. The SMILES string of the molecule is Cc1cc(-c2ccccc2OC(F)(F)F)cc(C)c1CN.Cl. The van der Waals surface area contributed by atoms with Gasteiger partial charge in [0.2, 0.25) is 0 Å². The molecular weight excluding hydrogens is 315 g/mol. The Bertz CT molecular complexity index is 633. The number of ether oxygens (including phenoxy) is 1. The summed E-state index contributed by atoms with van der Waals surface area (Å²) in [5, 5.41) is 0. The van der Waals surface area contributed by atoms with Crippen molar-refractivity contribution in [1.29, 1.82) is 0 Å². The third-order valence-electron chi connectivity index (χ3n) is 3.32. The third-order valence-corrected chi connectivity index (χ3v) is 3.32. The molecule has 6 heteroatoms. The molecule has 2 rings (SSSR count). The summed E-state index contributed by atoms with van der Waals surface area (Å²) in [6, 6.07) is 9.77. The normalized spacial score (nSPS) is 11.0. The first-order chi connectivity index (χ1) is 9.81. The number of alkyl halides is 3. The number of hydrogen-bond acceptors (Lipinski definition) is 2. The minimum absolute atomic E-state index is 0. The van der Waals surface area contributed by atoms with Gasteiger partial charge in [0.1, 0.15) is 5.75 Å². The van der Waals surface area contributed by atoms with E-state index in [0.29, 0.717) is 17.7 Å². The molecule has 0 aromatic heterocycles. The van der Waals surface area contributed by atoms with Crippen molar-refractivity contribution >= 4 is 12.4 Å². The van der Waals surface area contributed by atoms with E-state index in [2.05, 4.69) is 4.74 Å². The van der Waals surface area contributed by atoms with Crippen LogP contribution in [-0.2, 0) is 6.54 Å². The number of aryl methyl sites for hydroxylation is 2. The van der Waals surface area contributed by atoms with E-state index in [-0.39, 0.29) is 18.2 Å². The Hall–Kier alpha value is -1.72. The molecule has 0 aliphatic carbocycles. The second-order valence-corrected chi connectivity index (χ2v) is 4.84. The molecule has 0 bridgehead atoms. The summed E-state index contributed by atoms with van der Waals surface area (Å²) in [4.78, 5) is 0. The zero-order valence-corrected chi connectivity index (χ0v) is 13.0. The number of rotatable bonds is 3. The summed E-state index contributed by atoms with van der Waals surface area (Å²) in [5.41, 5.74) is 9.68. The lowest BCUT2D eigenvalue weighted by molar-refractivity contribution is -0.274. The molecule has 0 heterocycles. The fraction of sp³-hybridized carbons (Fsp3) is 0.250. The molecular formula is C16H17ClF3NO. The molecule has 0 radical (unpaired) electrons. The predicted octanol–water partition coefficient (Wildman–Crippen LogP) is 4.75. The molecule has 2 aromatic rings. The lowest BCUT2D eigenvalue weighted by Crippen LogP contribution is -2.17. The van der Waals surface area contributed by atoms with Gasteiger partial charge in [-0.3, -0.25) is 0 Å². The highest BCUT2D eigenvalue weighted by Crippen LogP contribution is 2.35. The average Bonchev–Trinajstić information content (AvgIpc) is 2.37. The van der Waals surface area contributed by atoms with E-state index in [1.807, 2.05) is 26.0 Å². The molecule has 0 saturated heterocycles. The molecule has 22 heavy (non-hydrogen) atoms. The third kappa shape index (κ3) is 4.15. The van der Waals surface area contributed by atoms with E-state index in [0.717, 1.165) is 16.7 Å². The van der Waals surface area contributed by atoms with Crippen molar-refractivity contribution in [2.24, 2.45) is 5.73 Å². The summed E-state index contributed by atoms with van der Waals surface area (Å²) >= 11 is 0. The topological polar surface area (TPSA) is 35.2 Å². The van der Waals surface area contributed by atoms with Crippen molar-refractivity contribution in [2.45, 2.75) is 26.8 Å². The maximum absolute atomic E-state index is 12.5. The van der Waals surface area contributed by atoms with Crippen LogP contribution in [0.2, 0.25) is 0 Å². The maximum atomic E-state index is 12.5. The minimum Gasteiger partial charge on any atom is -0.405 e. The fourth-order valence-electron chi connectivity index (χ4n) is 2.39. The number of halogens is 4. The zero-order valence-electron chi connectivity index (χ0n) is 12.2. The van der Waals surface area contributed by atoms with Crippen molar-refractivity contribution < 1.29 is 17.9 Å². The number of nitrogens with two attached hydrogens (primary N) is 1. The minimum atomic E-state index is -4.71. The highest BCUT2D eigenvalue weighted by molar-refractivity contribution is 5.85. The predicted molar refractivity (Wildman–Crippen MR) is 83.2 cm³/mol. The monoisotopic (exact) mass is 331 g/mol. The maximum Gasteiger partial charge on any atom is 0.573 e. The molecule has 2 aromatic carbocycles. The second kappa shape index (κ2) is 7.03. The molecule has 0 aliphatic heterocycles. The van der Waals surface area contributed by atoms with Crippen molar-refractivity contribution in [3.63, 3.8) is 0 Å². The van der Waals surface area contributed by atoms with Crippen molar-refractivity contribution in [2.75, 3.05) is 0 Å². The summed E-state index contributed by atoms with van der Waals surface area (Å²) in [5.74, 6) is -0.204. The Labute approximate surface area is 133 Å². The summed E-state index contributed by atoms with van der Waals surface area (Å²) in [6.45, 7) is 4.19. The Morgan fingerprint density at radius 1 is 1.05 bits per heavy atom. The first-order valence-corrected chi connectivity index (χ1v) is 6.47. The summed E-state index contributed by atoms with van der Waals surface area (Å²) in [7, 11) is 0. The lowest BCUT2D eigenvalue weighted by atomic mass is 9.95. The molecule has 2 N–H and O–H groups in total. The van der Waals surface area contributed by atoms with Crippen LogP contribution in [0.4, 0.5) is 13.2 Å². The largest absolute Gasteiger partial charge is 0.573 e.